The van der Waals surface area contributed by atoms with Gasteiger partial charge in [-0.15, -0.1) is 0 Å². The number of fused-ring (bicyclic) bond motifs is 1. The Balaban J connectivity index is 1.84. The third kappa shape index (κ3) is 2.00. The van der Waals surface area contributed by atoms with Crippen LogP contribution in [0.15, 0.2) is 67.0 Å². The minimum absolute atomic E-state index is 0.258. The number of hydrogen-bond donors (Lipinski definition) is 0. The summed E-state index contributed by atoms with van der Waals surface area (Å²) >= 11 is 0. The molecule has 0 bridgehead atoms. The molecule has 1 aliphatic rings. The summed E-state index contributed by atoms with van der Waals surface area (Å²) in [4.78, 5) is 4.51. The Labute approximate surface area is 128 Å². The first-order valence-corrected chi connectivity index (χ1v) is 7.19. The first-order valence-electron chi connectivity index (χ1n) is 7.19. The summed E-state index contributed by atoms with van der Waals surface area (Å²) in [6.07, 6.45) is 12.2. The number of rotatable bonds is 3. The highest BCUT2D eigenvalue weighted by Crippen LogP contribution is 2.28. The maximum absolute atomic E-state index is 5.21. The van der Waals surface area contributed by atoms with Gasteiger partial charge in [-0.25, -0.2) is 9.50 Å². The topological polar surface area (TPSA) is 39.4 Å². The molecule has 1 aliphatic carbocycles. The van der Waals surface area contributed by atoms with E-state index < -0.39 is 0 Å². The van der Waals surface area contributed by atoms with Gasteiger partial charge in [0.05, 0.1) is 19.0 Å². The van der Waals surface area contributed by atoms with Crippen LogP contribution in [-0.4, -0.2) is 21.7 Å². The number of methoxy groups -OCH3 is 1. The van der Waals surface area contributed by atoms with Gasteiger partial charge in [0.2, 0.25) is 0 Å². The van der Waals surface area contributed by atoms with E-state index in [-0.39, 0.29) is 5.92 Å². The average molecular weight is 289 g/mol. The van der Waals surface area contributed by atoms with Crippen molar-refractivity contribution in [3.8, 4) is 16.9 Å². The van der Waals surface area contributed by atoms with Crippen molar-refractivity contribution in [2.75, 3.05) is 7.11 Å². The smallest absolute Gasteiger partial charge is 0.163 e. The Morgan fingerprint density at radius 3 is 2.55 bits per heavy atom. The van der Waals surface area contributed by atoms with Crippen molar-refractivity contribution in [3.05, 3.63) is 72.7 Å². The number of aromatic nitrogens is 3. The molecule has 0 unspecified atom stereocenters. The van der Waals surface area contributed by atoms with Crippen molar-refractivity contribution in [1.29, 1.82) is 0 Å². The van der Waals surface area contributed by atoms with Crippen molar-refractivity contribution >= 4 is 5.65 Å². The number of ether oxygens (including phenoxy) is 1. The maximum atomic E-state index is 5.21. The highest BCUT2D eigenvalue weighted by atomic mass is 16.5. The molecule has 0 spiro atoms. The third-order valence-corrected chi connectivity index (χ3v) is 3.92. The lowest BCUT2D eigenvalue weighted by Gasteiger charge is -2.08. The third-order valence-electron chi connectivity index (χ3n) is 3.92. The first kappa shape index (κ1) is 12.8. The van der Waals surface area contributed by atoms with Crippen molar-refractivity contribution in [3.63, 3.8) is 0 Å². The molecule has 3 aromatic rings. The lowest BCUT2D eigenvalue weighted by Crippen LogP contribution is -2.02. The van der Waals surface area contributed by atoms with Gasteiger partial charge in [0, 0.05) is 17.7 Å². The van der Waals surface area contributed by atoms with Crippen LogP contribution >= 0.6 is 0 Å². The highest BCUT2D eigenvalue weighted by Gasteiger charge is 2.15. The molecular weight excluding hydrogens is 274 g/mol. The van der Waals surface area contributed by atoms with Crippen LogP contribution in [0, 0.1) is 0 Å². The fourth-order valence-electron chi connectivity index (χ4n) is 2.77. The van der Waals surface area contributed by atoms with Crippen LogP contribution in [0.25, 0.3) is 16.8 Å². The molecule has 0 radical (unpaired) electrons. The monoisotopic (exact) mass is 289 g/mol. The summed E-state index contributed by atoms with van der Waals surface area (Å²) in [6, 6.07) is 9.97. The Kier molecular flexibility index (Phi) is 3.00. The predicted molar refractivity (Wildman–Crippen MR) is 86.0 cm³/mol. The number of hydrogen-bond acceptors (Lipinski definition) is 3. The minimum atomic E-state index is 0.258. The van der Waals surface area contributed by atoms with Gasteiger partial charge in [-0.05, 0) is 23.8 Å². The molecular formula is C18H15N3O. The van der Waals surface area contributed by atoms with Crippen molar-refractivity contribution in [2.45, 2.75) is 5.92 Å². The molecule has 0 N–H and O–H groups in total. The summed E-state index contributed by atoms with van der Waals surface area (Å²) in [6.45, 7) is 0. The Hall–Kier alpha value is -2.88. The first-order chi connectivity index (χ1) is 10.9. The highest BCUT2D eigenvalue weighted by molar-refractivity contribution is 5.77. The Bertz CT molecular complexity index is 863. The van der Waals surface area contributed by atoms with Crippen LogP contribution in [-0.2, 0) is 0 Å². The summed E-state index contributed by atoms with van der Waals surface area (Å²) < 4.78 is 7.13. The maximum Gasteiger partial charge on any atom is 0.163 e. The van der Waals surface area contributed by atoms with Crippen LogP contribution in [0.5, 0.6) is 5.75 Å². The van der Waals surface area contributed by atoms with Crippen molar-refractivity contribution in [2.24, 2.45) is 0 Å². The van der Waals surface area contributed by atoms with E-state index in [0.29, 0.717) is 0 Å². The molecule has 0 fully saturated rings. The van der Waals surface area contributed by atoms with Gasteiger partial charge in [0.15, 0.2) is 5.65 Å². The second-order valence-electron chi connectivity index (χ2n) is 5.19. The van der Waals surface area contributed by atoms with Crippen LogP contribution in [0.3, 0.4) is 0 Å². The van der Waals surface area contributed by atoms with Crippen molar-refractivity contribution in [1.82, 2.24) is 14.6 Å². The van der Waals surface area contributed by atoms with Crippen LogP contribution in [0.1, 0.15) is 11.6 Å². The lowest BCUT2D eigenvalue weighted by molar-refractivity contribution is 0.415. The summed E-state index contributed by atoms with van der Waals surface area (Å²) in [7, 11) is 1.67. The van der Waals surface area contributed by atoms with E-state index in [1.165, 1.54) is 0 Å². The second-order valence-corrected chi connectivity index (χ2v) is 5.19. The van der Waals surface area contributed by atoms with Gasteiger partial charge in [0.25, 0.3) is 0 Å². The van der Waals surface area contributed by atoms with E-state index in [2.05, 4.69) is 34.4 Å². The van der Waals surface area contributed by atoms with Gasteiger partial charge in [-0.3, -0.25) is 0 Å². The molecule has 22 heavy (non-hydrogen) atoms. The average Bonchev–Trinajstić information content (AvgIpc) is 3.24. The fraction of sp³-hybridized carbons (Fsp3) is 0.111. The molecule has 2 aromatic heterocycles. The van der Waals surface area contributed by atoms with E-state index in [9.17, 15) is 0 Å². The molecule has 0 saturated carbocycles. The number of allylic oxidation sites excluding steroid dienone is 4. The molecule has 4 rings (SSSR count). The van der Waals surface area contributed by atoms with E-state index in [4.69, 9.17) is 4.74 Å². The van der Waals surface area contributed by atoms with E-state index in [1.807, 2.05) is 47.2 Å². The molecule has 2 heterocycles. The Morgan fingerprint density at radius 2 is 1.82 bits per heavy atom. The Morgan fingerprint density at radius 1 is 1.05 bits per heavy atom. The molecule has 4 heteroatoms. The number of nitrogens with zero attached hydrogens (tertiary/aromatic N) is 3. The molecule has 0 atom stereocenters. The quantitative estimate of drug-likeness (QED) is 0.739. The molecule has 0 amide bonds. The lowest BCUT2D eigenvalue weighted by atomic mass is 10.1. The molecule has 4 nitrogen and oxygen atoms in total. The molecule has 1 aromatic carbocycles. The van der Waals surface area contributed by atoms with Crippen molar-refractivity contribution < 1.29 is 4.74 Å². The zero-order chi connectivity index (χ0) is 14.9. The van der Waals surface area contributed by atoms with Gasteiger partial charge in [0.1, 0.15) is 5.75 Å². The number of benzene rings is 1. The van der Waals surface area contributed by atoms with E-state index in [1.54, 1.807) is 7.11 Å². The van der Waals surface area contributed by atoms with E-state index >= 15 is 0 Å². The fourth-order valence-corrected chi connectivity index (χ4v) is 2.77. The van der Waals surface area contributed by atoms with Crippen LogP contribution in [0.4, 0.5) is 0 Å². The minimum Gasteiger partial charge on any atom is -0.497 e. The second kappa shape index (κ2) is 5.15. The zero-order valence-corrected chi connectivity index (χ0v) is 12.2. The SMILES string of the molecule is COc1ccc(-c2cnn3c(C4C=CC=C4)ccnc23)cc1. The summed E-state index contributed by atoms with van der Waals surface area (Å²) in [5.74, 6) is 1.10. The van der Waals surface area contributed by atoms with Crippen LogP contribution in [0.2, 0.25) is 0 Å². The van der Waals surface area contributed by atoms with Gasteiger partial charge in [-0.1, -0.05) is 36.4 Å². The van der Waals surface area contributed by atoms with E-state index in [0.717, 1.165) is 28.2 Å². The van der Waals surface area contributed by atoms with Gasteiger partial charge in [-0.2, -0.15) is 5.10 Å². The predicted octanol–water partition coefficient (Wildman–Crippen LogP) is 3.61. The zero-order valence-electron chi connectivity index (χ0n) is 12.2. The molecule has 108 valence electrons. The summed E-state index contributed by atoms with van der Waals surface area (Å²) in [5, 5.41) is 4.54. The standard InChI is InChI=1S/C18H15N3O/c1-22-15-8-6-13(7-9-15)16-12-20-21-17(10-11-19-18(16)21)14-4-2-3-5-14/h2-12,14H,1H3. The van der Waals surface area contributed by atoms with Crippen LogP contribution < -0.4 is 4.74 Å². The normalized spacial score (nSPS) is 14.0. The molecule has 0 saturated heterocycles. The molecule has 0 aliphatic heterocycles. The van der Waals surface area contributed by atoms with Gasteiger partial charge < -0.3 is 4.74 Å². The summed E-state index contributed by atoms with van der Waals surface area (Å²) in [5.41, 5.74) is 4.10. The van der Waals surface area contributed by atoms with Gasteiger partial charge >= 0.3 is 0 Å². The largest absolute Gasteiger partial charge is 0.497 e.